The van der Waals surface area contributed by atoms with Crippen molar-refractivity contribution in [3.63, 3.8) is 0 Å². The van der Waals surface area contributed by atoms with E-state index in [9.17, 15) is 4.79 Å². The van der Waals surface area contributed by atoms with E-state index in [4.69, 9.17) is 17.3 Å². The molecule has 1 aliphatic rings. The largest absolute Gasteiger partial charge is 0.383 e. The first-order valence-electron chi connectivity index (χ1n) is 7.43. The number of nitrogens with zero attached hydrogens (tertiary/aromatic N) is 1. The van der Waals surface area contributed by atoms with Gasteiger partial charge in [-0.1, -0.05) is 35.9 Å². The van der Waals surface area contributed by atoms with E-state index in [1.165, 1.54) is 11.1 Å². The molecular weight excluding hydrogens is 298 g/mol. The van der Waals surface area contributed by atoms with E-state index >= 15 is 0 Å². The third kappa shape index (κ3) is 3.22. The van der Waals surface area contributed by atoms with Gasteiger partial charge in [0.05, 0.1) is 5.56 Å². The van der Waals surface area contributed by atoms with E-state index in [1.807, 2.05) is 6.07 Å². The van der Waals surface area contributed by atoms with Crippen LogP contribution in [0.15, 0.2) is 36.4 Å². The lowest BCUT2D eigenvalue weighted by Gasteiger charge is -2.17. The first kappa shape index (κ1) is 14.9. The molecule has 0 saturated carbocycles. The second kappa shape index (κ2) is 6.36. The Morgan fingerprint density at radius 1 is 1.23 bits per heavy atom. The number of hydrogen-bond acceptors (Lipinski definition) is 3. The van der Waals surface area contributed by atoms with Crippen LogP contribution in [-0.2, 0) is 12.8 Å². The first-order chi connectivity index (χ1) is 10.6. The van der Waals surface area contributed by atoms with Gasteiger partial charge in [0.25, 0.3) is 5.91 Å². The maximum atomic E-state index is 12.4. The van der Waals surface area contributed by atoms with Crippen molar-refractivity contribution >= 4 is 23.3 Å². The Kier molecular flexibility index (Phi) is 4.29. The molecule has 1 atom stereocenters. The van der Waals surface area contributed by atoms with Gasteiger partial charge in [-0.2, -0.15) is 0 Å². The summed E-state index contributed by atoms with van der Waals surface area (Å²) in [6.07, 6.45) is 3.94. The predicted octanol–water partition coefficient (Wildman–Crippen LogP) is 2.99. The molecular formula is C17H18ClN3O. The Morgan fingerprint density at radius 2 is 2.00 bits per heavy atom. The van der Waals surface area contributed by atoms with Crippen LogP contribution in [0.3, 0.4) is 0 Å². The van der Waals surface area contributed by atoms with Crippen molar-refractivity contribution in [2.45, 2.75) is 31.7 Å². The second-order valence-corrected chi connectivity index (χ2v) is 5.99. The SMILES string of the molecule is Nc1nc(Cl)ccc1C(=O)N[C@H]1CCCc2ccccc2C1. The fourth-order valence-corrected chi connectivity index (χ4v) is 3.09. The van der Waals surface area contributed by atoms with Crippen LogP contribution in [0.4, 0.5) is 5.82 Å². The lowest BCUT2D eigenvalue weighted by Crippen LogP contribution is -2.36. The standard InChI is InChI=1S/C17H18ClN3O/c18-15-9-8-14(16(19)21-15)17(22)20-13-7-3-6-11-4-1-2-5-12(11)10-13/h1-2,4-5,8-9,13H,3,6-7,10H2,(H2,19,21)(H,20,22)/t13-/m0/s1. The number of fused-ring (bicyclic) bond motifs is 1. The number of halogens is 1. The van der Waals surface area contributed by atoms with E-state index < -0.39 is 0 Å². The third-order valence-corrected chi connectivity index (χ3v) is 4.26. The van der Waals surface area contributed by atoms with Gasteiger partial charge in [-0.25, -0.2) is 4.98 Å². The van der Waals surface area contributed by atoms with Crippen molar-refractivity contribution in [3.05, 3.63) is 58.2 Å². The summed E-state index contributed by atoms with van der Waals surface area (Å²) in [5, 5.41) is 3.36. The van der Waals surface area contributed by atoms with Crippen molar-refractivity contribution < 1.29 is 4.79 Å². The third-order valence-electron chi connectivity index (χ3n) is 4.05. The van der Waals surface area contributed by atoms with Gasteiger partial charge in [0.2, 0.25) is 0 Å². The number of benzene rings is 1. The van der Waals surface area contributed by atoms with Crippen molar-refractivity contribution in [1.82, 2.24) is 10.3 Å². The summed E-state index contributed by atoms with van der Waals surface area (Å²) in [4.78, 5) is 16.3. The Labute approximate surface area is 134 Å². The topological polar surface area (TPSA) is 68.0 Å². The molecule has 4 nitrogen and oxygen atoms in total. The van der Waals surface area contributed by atoms with Crippen LogP contribution in [0.1, 0.15) is 34.3 Å². The monoisotopic (exact) mass is 315 g/mol. The molecule has 3 N–H and O–H groups in total. The van der Waals surface area contributed by atoms with Crippen molar-refractivity contribution in [3.8, 4) is 0 Å². The molecule has 0 radical (unpaired) electrons. The predicted molar refractivity (Wildman–Crippen MR) is 88.0 cm³/mol. The molecule has 1 aromatic carbocycles. The number of nitrogen functional groups attached to an aromatic ring is 1. The summed E-state index contributed by atoms with van der Waals surface area (Å²) in [6.45, 7) is 0. The van der Waals surface area contributed by atoms with Crippen LogP contribution >= 0.6 is 11.6 Å². The zero-order chi connectivity index (χ0) is 15.5. The van der Waals surface area contributed by atoms with Crippen molar-refractivity contribution in [1.29, 1.82) is 0 Å². The fraction of sp³-hybridized carbons (Fsp3) is 0.294. The van der Waals surface area contributed by atoms with Crippen LogP contribution in [0.5, 0.6) is 0 Å². The van der Waals surface area contributed by atoms with Gasteiger partial charge in [0.1, 0.15) is 11.0 Å². The number of aryl methyl sites for hydroxylation is 1. The Hall–Kier alpha value is -2.07. The van der Waals surface area contributed by atoms with E-state index in [0.29, 0.717) is 5.56 Å². The molecule has 3 rings (SSSR count). The smallest absolute Gasteiger partial charge is 0.255 e. The Morgan fingerprint density at radius 3 is 2.77 bits per heavy atom. The average molecular weight is 316 g/mol. The summed E-state index contributed by atoms with van der Waals surface area (Å²) in [6, 6.07) is 11.7. The molecule has 1 heterocycles. The molecule has 0 unspecified atom stereocenters. The van der Waals surface area contributed by atoms with Crippen molar-refractivity contribution in [2.75, 3.05) is 5.73 Å². The minimum atomic E-state index is -0.189. The van der Waals surface area contributed by atoms with Crippen LogP contribution in [-0.4, -0.2) is 16.9 Å². The molecule has 2 aromatic rings. The number of carbonyl (C=O) groups excluding carboxylic acids is 1. The number of nitrogens with one attached hydrogen (secondary N) is 1. The van der Waals surface area contributed by atoms with Gasteiger partial charge in [0.15, 0.2) is 0 Å². The summed E-state index contributed by atoms with van der Waals surface area (Å²) in [5.74, 6) is -0.0231. The summed E-state index contributed by atoms with van der Waals surface area (Å²) in [5.41, 5.74) is 8.85. The highest BCUT2D eigenvalue weighted by atomic mass is 35.5. The maximum absolute atomic E-state index is 12.4. The highest BCUT2D eigenvalue weighted by Crippen LogP contribution is 2.21. The highest BCUT2D eigenvalue weighted by Gasteiger charge is 2.20. The van der Waals surface area contributed by atoms with Gasteiger partial charge in [-0.15, -0.1) is 0 Å². The zero-order valence-electron chi connectivity index (χ0n) is 12.2. The molecule has 1 amide bonds. The molecule has 0 spiro atoms. The maximum Gasteiger partial charge on any atom is 0.255 e. The lowest BCUT2D eigenvalue weighted by molar-refractivity contribution is 0.0935. The zero-order valence-corrected chi connectivity index (χ0v) is 12.9. The molecule has 0 aliphatic heterocycles. The minimum absolute atomic E-state index is 0.117. The van der Waals surface area contributed by atoms with Gasteiger partial charge in [-0.3, -0.25) is 4.79 Å². The number of rotatable bonds is 2. The van der Waals surface area contributed by atoms with Gasteiger partial charge >= 0.3 is 0 Å². The number of aromatic nitrogens is 1. The molecule has 5 heteroatoms. The van der Waals surface area contributed by atoms with Crippen LogP contribution in [0.2, 0.25) is 5.15 Å². The minimum Gasteiger partial charge on any atom is -0.383 e. The molecule has 114 valence electrons. The summed E-state index contributed by atoms with van der Waals surface area (Å²) < 4.78 is 0. The second-order valence-electron chi connectivity index (χ2n) is 5.60. The molecule has 1 aliphatic carbocycles. The fourth-order valence-electron chi connectivity index (χ4n) is 2.94. The van der Waals surface area contributed by atoms with Crippen LogP contribution in [0, 0.1) is 0 Å². The van der Waals surface area contributed by atoms with E-state index in [0.717, 1.165) is 25.7 Å². The van der Waals surface area contributed by atoms with Gasteiger partial charge < -0.3 is 11.1 Å². The summed E-state index contributed by atoms with van der Waals surface area (Å²) in [7, 11) is 0. The van der Waals surface area contributed by atoms with E-state index in [1.54, 1.807) is 12.1 Å². The number of amides is 1. The van der Waals surface area contributed by atoms with Gasteiger partial charge in [0, 0.05) is 6.04 Å². The van der Waals surface area contributed by atoms with E-state index in [-0.39, 0.29) is 22.9 Å². The molecule has 22 heavy (non-hydrogen) atoms. The lowest BCUT2D eigenvalue weighted by atomic mass is 10.0. The normalized spacial score (nSPS) is 17.4. The summed E-state index contributed by atoms with van der Waals surface area (Å²) >= 11 is 5.77. The number of carbonyl (C=O) groups is 1. The number of nitrogens with two attached hydrogens (primary N) is 1. The van der Waals surface area contributed by atoms with Gasteiger partial charge in [-0.05, 0) is 48.9 Å². The number of pyridine rings is 1. The van der Waals surface area contributed by atoms with Crippen LogP contribution < -0.4 is 11.1 Å². The average Bonchev–Trinajstić information content (AvgIpc) is 2.68. The molecule has 0 fully saturated rings. The number of hydrogen-bond donors (Lipinski definition) is 2. The molecule has 0 saturated heterocycles. The van der Waals surface area contributed by atoms with Crippen LogP contribution in [0.25, 0.3) is 0 Å². The molecule has 1 aromatic heterocycles. The highest BCUT2D eigenvalue weighted by molar-refractivity contribution is 6.29. The Bertz CT molecular complexity index is 702. The van der Waals surface area contributed by atoms with Crippen molar-refractivity contribution in [2.24, 2.45) is 0 Å². The quantitative estimate of drug-likeness (QED) is 0.661. The Balaban J connectivity index is 1.74. The molecule has 0 bridgehead atoms. The van der Waals surface area contributed by atoms with E-state index in [2.05, 4.69) is 28.5 Å². The first-order valence-corrected chi connectivity index (χ1v) is 7.81. The number of anilines is 1.